The van der Waals surface area contributed by atoms with Gasteiger partial charge < -0.3 is 33.0 Å². The molecule has 1 heterocycles. The van der Waals surface area contributed by atoms with Crippen LogP contribution in [0, 0.1) is 6.92 Å². The Kier molecular flexibility index (Phi) is 16.1. The predicted molar refractivity (Wildman–Crippen MR) is 104 cm³/mol. The molecule has 0 unspecified atom stereocenters. The van der Waals surface area contributed by atoms with E-state index in [0.29, 0.717) is 12.3 Å². The molecule has 0 aliphatic rings. The SMILES string of the molecule is Cc1c(CCO)sc[n+]1CCCCCCCCCCCC/C(N)=N/O.[Br-]. The highest BCUT2D eigenvalue weighted by atomic mass is 79.9. The Balaban J connectivity index is 0.00000625. The van der Waals surface area contributed by atoms with Crippen molar-refractivity contribution in [1.29, 1.82) is 0 Å². The van der Waals surface area contributed by atoms with Crippen LogP contribution < -0.4 is 27.3 Å². The molecule has 0 radical (unpaired) electrons. The number of unbranched alkanes of at least 4 members (excludes halogenated alkanes) is 9. The Morgan fingerprint density at radius 2 is 1.58 bits per heavy atom. The fourth-order valence-electron chi connectivity index (χ4n) is 3.07. The molecule has 0 bridgehead atoms. The molecule has 1 aromatic heterocycles. The van der Waals surface area contributed by atoms with E-state index in [-0.39, 0.29) is 23.6 Å². The lowest BCUT2D eigenvalue weighted by Gasteiger charge is -2.02. The Morgan fingerprint density at radius 3 is 2.12 bits per heavy atom. The summed E-state index contributed by atoms with van der Waals surface area (Å²) in [4.78, 5) is 1.31. The summed E-state index contributed by atoms with van der Waals surface area (Å²) in [5, 5.41) is 20.5. The second kappa shape index (κ2) is 16.5. The van der Waals surface area contributed by atoms with Crippen molar-refractivity contribution >= 4 is 17.2 Å². The van der Waals surface area contributed by atoms with Gasteiger partial charge in [-0.15, -0.1) is 0 Å². The lowest BCUT2D eigenvalue weighted by molar-refractivity contribution is -0.698. The lowest BCUT2D eigenvalue weighted by Crippen LogP contribution is -3.00. The van der Waals surface area contributed by atoms with E-state index in [0.717, 1.165) is 19.4 Å². The van der Waals surface area contributed by atoms with Gasteiger partial charge in [-0.1, -0.05) is 61.4 Å². The number of aliphatic hydroxyl groups is 1. The minimum absolute atomic E-state index is 0. The minimum Gasteiger partial charge on any atom is -1.00 e. The van der Waals surface area contributed by atoms with Gasteiger partial charge in [0.2, 0.25) is 5.51 Å². The van der Waals surface area contributed by atoms with Gasteiger partial charge >= 0.3 is 0 Å². The van der Waals surface area contributed by atoms with E-state index in [9.17, 15) is 0 Å². The fourth-order valence-corrected chi connectivity index (χ4v) is 4.08. The van der Waals surface area contributed by atoms with Gasteiger partial charge in [-0.2, -0.15) is 4.57 Å². The molecule has 4 N–H and O–H groups in total. The topological polar surface area (TPSA) is 82.7 Å². The van der Waals surface area contributed by atoms with Crippen LogP contribution in [0.25, 0.3) is 0 Å². The first-order valence-corrected chi connectivity index (χ1v) is 10.6. The summed E-state index contributed by atoms with van der Waals surface area (Å²) < 4.78 is 2.34. The van der Waals surface area contributed by atoms with E-state index in [1.165, 1.54) is 68.4 Å². The fraction of sp³-hybridized carbons (Fsp3) is 0.789. The number of nitrogens with zero attached hydrogens (tertiary/aromatic N) is 2. The molecule has 7 heteroatoms. The average molecular weight is 450 g/mol. The third kappa shape index (κ3) is 11.1. The van der Waals surface area contributed by atoms with Crippen LogP contribution in [0.2, 0.25) is 0 Å². The van der Waals surface area contributed by atoms with E-state index in [4.69, 9.17) is 16.0 Å². The third-order valence-electron chi connectivity index (χ3n) is 4.71. The Morgan fingerprint density at radius 1 is 1.04 bits per heavy atom. The molecule has 0 amide bonds. The second-order valence-corrected chi connectivity index (χ2v) is 7.72. The molecule has 0 saturated carbocycles. The van der Waals surface area contributed by atoms with E-state index < -0.39 is 0 Å². The largest absolute Gasteiger partial charge is 1.00 e. The molecule has 152 valence electrons. The number of oxime groups is 1. The highest BCUT2D eigenvalue weighted by Gasteiger charge is 2.13. The molecule has 0 aliphatic carbocycles. The van der Waals surface area contributed by atoms with Gasteiger partial charge in [0, 0.05) is 32.8 Å². The van der Waals surface area contributed by atoms with Crippen molar-refractivity contribution in [3.8, 4) is 0 Å². The van der Waals surface area contributed by atoms with Crippen molar-refractivity contribution < 1.29 is 31.9 Å². The summed E-state index contributed by atoms with van der Waals surface area (Å²) in [5.74, 6) is 0.348. The van der Waals surface area contributed by atoms with Gasteiger partial charge in [-0.05, 0) is 12.8 Å². The molecule has 0 saturated heterocycles. The maximum absolute atomic E-state index is 9.04. The van der Waals surface area contributed by atoms with E-state index in [2.05, 4.69) is 22.2 Å². The van der Waals surface area contributed by atoms with Crippen LogP contribution in [0.5, 0.6) is 0 Å². The van der Waals surface area contributed by atoms with Gasteiger partial charge in [0.25, 0.3) is 0 Å². The lowest BCUT2D eigenvalue weighted by atomic mass is 10.1. The van der Waals surface area contributed by atoms with Crippen molar-refractivity contribution in [2.45, 2.75) is 90.5 Å². The number of nitrogens with two attached hydrogens (primary N) is 1. The molecule has 0 aromatic carbocycles. The normalized spacial score (nSPS) is 11.5. The minimum atomic E-state index is 0. The van der Waals surface area contributed by atoms with E-state index >= 15 is 0 Å². The number of halogens is 1. The highest BCUT2D eigenvalue weighted by molar-refractivity contribution is 7.09. The quantitative estimate of drug-likeness (QED) is 0.0928. The third-order valence-corrected chi connectivity index (χ3v) is 5.85. The standard InChI is InChI=1S/C19H35N3O2S.BrH/c1-17-18(13-15-23)25-16-22(17)14-11-9-7-5-3-2-4-6-8-10-12-19(20)21-24;/h16,23H,2-15H2,1H3,(H2-,20,21,24);1H. The molecule has 5 nitrogen and oxygen atoms in total. The molecule has 1 aromatic rings. The monoisotopic (exact) mass is 449 g/mol. The first-order valence-electron chi connectivity index (χ1n) is 9.72. The van der Waals surface area contributed by atoms with Crippen LogP contribution in [0.1, 0.15) is 81.2 Å². The number of hydrogen-bond acceptors (Lipinski definition) is 4. The van der Waals surface area contributed by atoms with Crippen LogP contribution in [0.15, 0.2) is 10.7 Å². The maximum atomic E-state index is 9.04. The zero-order chi connectivity index (χ0) is 18.3. The second-order valence-electron chi connectivity index (χ2n) is 6.78. The average Bonchev–Trinajstić information content (AvgIpc) is 2.96. The van der Waals surface area contributed by atoms with Crippen molar-refractivity contribution in [2.24, 2.45) is 10.9 Å². The first kappa shape index (κ1) is 25.3. The van der Waals surface area contributed by atoms with E-state index in [1.54, 1.807) is 11.3 Å². The van der Waals surface area contributed by atoms with Gasteiger partial charge in [0.15, 0.2) is 5.69 Å². The molecule has 0 aliphatic heterocycles. The van der Waals surface area contributed by atoms with Crippen LogP contribution in [0.4, 0.5) is 0 Å². The summed E-state index contributed by atoms with van der Waals surface area (Å²) in [5.41, 5.74) is 8.96. The zero-order valence-electron chi connectivity index (χ0n) is 16.1. The van der Waals surface area contributed by atoms with Crippen LogP contribution in [-0.4, -0.2) is 22.8 Å². The molecule has 0 atom stereocenters. The number of amidine groups is 1. The number of thiazole rings is 1. The van der Waals surface area contributed by atoms with Crippen LogP contribution >= 0.6 is 11.3 Å². The van der Waals surface area contributed by atoms with Gasteiger partial charge in [-0.25, -0.2) is 0 Å². The van der Waals surface area contributed by atoms with Crippen molar-refractivity contribution in [1.82, 2.24) is 0 Å². The van der Waals surface area contributed by atoms with Crippen LogP contribution in [0.3, 0.4) is 0 Å². The molecule has 0 spiro atoms. The zero-order valence-corrected chi connectivity index (χ0v) is 18.5. The van der Waals surface area contributed by atoms with Gasteiger partial charge in [-0.3, -0.25) is 0 Å². The number of aromatic nitrogens is 1. The number of aryl methyl sites for hydroxylation is 1. The summed E-state index contributed by atoms with van der Waals surface area (Å²) in [7, 11) is 0. The van der Waals surface area contributed by atoms with Crippen molar-refractivity contribution in [3.63, 3.8) is 0 Å². The summed E-state index contributed by atoms with van der Waals surface area (Å²) in [6, 6.07) is 0. The van der Waals surface area contributed by atoms with Gasteiger partial charge in [0.05, 0.1) is 4.88 Å². The first-order chi connectivity index (χ1) is 12.2. The number of rotatable bonds is 15. The van der Waals surface area contributed by atoms with Gasteiger partial charge in [0.1, 0.15) is 12.4 Å². The van der Waals surface area contributed by atoms with Crippen molar-refractivity contribution in [2.75, 3.05) is 6.61 Å². The summed E-state index contributed by atoms with van der Waals surface area (Å²) >= 11 is 1.76. The van der Waals surface area contributed by atoms with Crippen molar-refractivity contribution in [3.05, 3.63) is 16.1 Å². The number of aliphatic hydroxyl groups excluding tert-OH is 1. The summed E-state index contributed by atoms with van der Waals surface area (Å²) in [6.45, 7) is 3.51. The predicted octanol–water partition coefficient (Wildman–Crippen LogP) is 0.920. The smallest absolute Gasteiger partial charge is 0.225 e. The molecule has 26 heavy (non-hydrogen) atoms. The Bertz CT molecular complexity index is 495. The molecule has 0 fully saturated rings. The Hall–Kier alpha value is -0.660. The molecular weight excluding hydrogens is 414 g/mol. The summed E-state index contributed by atoms with van der Waals surface area (Å²) in [6.07, 6.45) is 14.1. The number of hydrogen-bond donors (Lipinski definition) is 3. The van der Waals surface area contributed by atoms with Crippen LogP contribution in [-0.2, 0) is 13.0 Å². The Labute approximate surface area is 173 Å². The van der Waals surface area contributed by atoms with E-state index in [1.807, 2.05) is 0 Å². The highest BCUT2D eigenvalue weighted by Crippen LogP contribution is 2.13. The maximum Gasteiger partial charge on any atom is 0.225 e. The molecular formula is C19H36BrN3O2S. The molecule has 1 rings (SSSR count).